The fourth-order valence-electron chi connectivity index (χ4n) is 1.41. The molecule has 2 aromatic heterocycles. The number of aromatic nitrogens is 3. The zero-order valence-electron chi connectivity index (χ0n) is 10.0. The van der Waals surface area contributed by atoms with Crippen LogP contribution >= 0.6 is 22.7 Å². The monoisotopic (exact) mass is 268 g/mol. The van der Waals surface area contributed by atoms with Gasteiger partial charge in [-0.25, -0.2) is 0 Å². The van der Waals surface area contributed by atoms with Gasteiger partial charge in [-0.1, -0.05) is 25.2 Å². The summed E-state index contributed by atoms with van der Waals surface area (Å²) in [6.45, 7) is 5.35. The first kappa shape index (κ1) is 12.6. The minimum absolute atomic E-state index is 0.553. The van der Waals surface area contributed by atoms with E-state index in [2.05, 4.69) is 34.3 Å². The van der Waals surface area contributed by atoms with Crippen molar-refractivity contribution in [2.45, 2.75) is 32.7 Å². The Hall–Kier alpha value is -0.850. The molecule has 0 amide bonds. The predicted octanol–water partition coefficient (Wildman–Crippen LogP) is 2.59. The van der Waals surface area contributed by atoms with Crippen molar-refractivity contribution in [1.29, 1.82) is 0 Å². The molecule has 0 radical (unpaired) electrons. The molecule has 0 aromatic carbocycles. The molecule has 6 heteroatoms. The van der Waals surface area contributed by atoms with Gasteiger partial charge in [-0.15, -0.1) is 21.5 Å². The SMILES string of the molecule is CC(C)NCCCc1nnc(-c2cncs2)s1. The lowest BCUT2D eigenvalue weighted by Gasteiger charge is -2.05. The second kappa shape index (κ2) is 6.18. The van der Waals surface area contributed by atoms with Crippen LogP contribution in [-0.4, -0.2) is 27.8 Å². The van der Waals surface area contributed by atoms with Crippen LogP contribution in [0.2, 0.25) is 0 Å². The van der Waals surface area contributed by atoms with E-state index in [-0.39, 0.29) is 0 Å². The fraction of sp³-hybridized carbons (Fsp3) is 0.545. The Morgan fingerprint density at radius 1 is 1.35 bits per heavy atom. The lowest BCUT2D eigenvalue weighted by Crippen LogP contribution is -2.23. The smallest absolute Gasteiger partial charge is 0.159 e. The third-order valence-corrected chi connectivity index (χ3v) is 4.16. The van der Waals surface area contributed by atoms with Crippen LogP contribution in [0.3, 0.4) is 0 Å². The minimum Gasteiger partial charge on any atom is -0.315 e. The quantitative estimate of drug-likeness (QED) is 0.818. The van der Waals surface area contributed by atoms with E-state index >= 15 is 0 Å². The van der Waals surface area contributed by atoms with E-state index in [1.807, 2.05) is 11.7 Å². The summed E-state index contributed by atoms with van der Waals surface area (Å²) in [5.74, 6) is 0. The molecule has 0 fully saturated rings. The van der Waals surface area contributed by atoms with Gasteiger partial charge in [0.25, 0.3) is 0 Å². The van der Waals surface area contributed by atoms with Crippen LogP contribution in [-0.2, 0) is 6.42 Å². The maximum Gasteiger partial charge on any atom is 0.159 e. The molecule has 1 N–H and O–H groups in total. The lowest BCUT2D eigenvalue weighted by molar-refractivity contribution is 0.569. The number of nitrogens with one attached hydrogen (secondary N) is 1. The summed E-state index contributed by atoms with van der Waals surface area (Å²) in [5.41, 5.74) is 1.82. The van der Waals surface area contributed by atoms with E-state index in [0.29, 0.717) is 6.04 Å². The molecule has 4 nitrogen and oxygen atoms in total. The van der Waals surface area contributed by atoms with Gasteiger partial charge in [0.1, 0.15) is 5.01 Å². The molecule has 2 rings (SSSR count). The molecule has 0 atom stereocenters. The molecule has 0 aliphatic heterocycles. The second-order valence-electron chi connectivity index (χ2n) is 4.08. The molecule has 2 aromatic rings. The van der Waals surface area contributed by atoms with Crippen molar-refractivity contribution in [2.75, 3.05) is 6.54 Å². The molecule has 0 unspecified atom stereocenters. The predicted molar refractivity (Wildman–Crippen MR) is 72.5 cm³/mol. The summed E-state index contributed by atoms with van der Waals surface area (Å²) in [4.78, 5) is 5.16. The highest BCUT2D eigenvalue weighted by Gasteiger charge is 2.07. The van der Waals surface area contributed by atoms with E-state index in [1.54, 1.807) is 22.7 Å². The standard InChI is InChI=1S/C11H16N4S2/c1-8(2)13-5-3-4-10-14-15-11(17-10)9-6-12-7-16-9/h6-8,13H,3-5H2,1-2H3. The first-order valence-electron chi connectivity index (χ1n) is 5.70. The summed E-state index contributed by atoms with van der Waals surface area (Å²) in [7, 11) is 0. The van der Waals surface area contributed by atoms with Crippen LogP contribution in [0.1, 0.15) is 25.3 Å². The van der Waals surface area contributed by atoms with E-state index in [9.17, 15) is 0 Å². The van der Waals surface area contributed by atoms with Gasteiger partial charge in [0, 0.05) is 18.7 Å². The number of rotatable bonds is 6. The van der Waals surface area contributed by atoms with Gasteiger partial charge < -0.3 is 5.32 Å². The normalized spacial score (nSPS) is 11.2. The van der Waals surface area contributed by atoms with Crippen molar-refractivity contribution < 1.29 is 0 Å². The minimum atomic E-state index is 0.553. The first-order chi connectivity index (χ1) is 8.25. The molecule has 17 heavy (non-hydrogen) atoms. The lowest BCUT2D eigenvalue weighted by atomic mass is 10.3. The van der Waals surface area contributed by atoms with Crippen LogP contribution in [0.25, 0.3) is 9.88 Å². The highest BCUT2D eigenvalue weighted by atomic mass is 32.1. The van der Waals surface area contributed by atoms with E-state index in [0.717, 1.165) is 34.3 Å². The molecule has 0 bridgehead atoms. The van der Waals surface area contributed by atoms with Crippen molar-refractivity contribution in [2.24, 2.45) is 0 Å². The van der Waals surface area contributed by atoms with Gasteiger partial charge in [0.15, 0.2) is 5.01 Å². The largest absolute Gasteiger partial charge is 0.315 e. The summed E-state index contributed by atoms with van der Waals surface area (Å²) >= 11 is 3.28. The Balaban J connectivity index is 1.83. The summed E-state index contributed by atoms with van der Waals surface area (Å²) in [5, 5.41) is 13.9. The first-order valence-corrected chi connectivity index (χ1v) is 7.40. The number of aryl methyl sites for hydroxylation is 1. The van der Waals surface area contributed by atoms with Crippen molar-refractivity contribution in [3.05, 3.63) is 16.7 Å². The maximum absolute atomic E-state index is 4.21. The Kier molecular flexibility index (Phi) is 4.58. The van der Waals surface area contributed by atoms with Crippen molar-refractivity contribution in [3.63, 3.8) is 0 Å². The van der Waals surface area contributed by atoms with Gasteiger partial charge >= 0.3 is 0 Å². The van der Waals surface area contributed by atoms with Crippen LogP contribution in [0.15, 0.2) is 11.7 Å². The molecule has 0 aliphatic rings. The van der Waals surface area contributed by atoms with E-state index < -0.39 is 0 Å². The van der Waals surface area contributed by atoms with Crippen LogP contribution < -0.4 is 5.32 Å². The average molecular weight is 268 g/mol. The third kappa shape index (κ3) is 3.83. The highest BCUT2D eigenvalue weighted by Crippen LogP contribution is 2.26. The highest BCUT2D eigenvalue weighted by molar-refractivity contribution is 7.20. The molecule has 0 saturated heterocycles. The Labute approximate surface area is 109 Å². The Morgan fingerprint density at radius 2 is 2.24 bits per heavy atom. The average Bonchev–Trinajstić information content (AvgIpc) is 2.94. The number of hydrogen-bond donors (Lipinski definition) is 1. The van der Waals surface area contributed by atoms with E-state index in [4.69, 9.17) is 0 Å². The Morgan fingerprint density at radius 3 is 2.94 bits per heavy atom. The van der Waals surface area contributed by atoms with Gasteiger partial charge in [0.05, 0.1) is 10.4 Å². The van der Waals surface area contributed by atoms with Gasteiger partial charge in [-0.2, -0.15) is 0 Å². The molecule has 0 aliphatic carbocycles. The maximum atomic E-state index is 4.21. The zero-order chi connectivity index (χ0) is 12.1. The second-order valence-corrected chi connectivity index (χ2v) is 6.03. The van der Waals surface area contributed by atoms with Crippen LogP contribution in [0, 0.1) is 0 Å². The summed E-state index contributed by atoms with van der Waals surface area (Å²) < 4.78 is 0. The molecule has 0 spiro atoms. The molecular formula is C11H16N4S2. The van der Waals surface area contributed by atoms with Crippen LogP contribution in [0.5, 0.6) is 0 Å². The fourth-order valence-corrected chi connectivity index (χ4v) is 2.96. The van der Waals surface area contributed by atoms with Gasteiger partial charge in [-0.3, -0.25) is 4.98 Å². The number of hydrogen-bond acceptors (Lipinski definition) is 6. The summed E-state index contributed by atoms with van der Waals surface area (Å²) in [6.07, 6.45) is 3.95. The molecular weight excluding hydrogens is 252 g/mol. The topological polar surface area (TPSA) is 50.7 Å². The summed E-state index contributed by atoms with van der Waals surface area (Å²) in [6, 6.07) is 0.553. The zero-order valence-corrected chi connectivity index (χ0v) is 11.6. The molecule has 2 heterocycles. The van der Waals surface area contributed by atoms with Crippen LogP contribution in [0.4, 0.5) is 0 Å². The molecule has 92 valence electrons. The van der Waals surface area contributed by atoms with Crippen molar-refractivity contribution >= 4 is 22.7 Å². The van der Waals surface area contributed by atoms with Crippen molar-refractivity contribution in [3.8, 4) is 9.88 Å². The number of nitrogens with zero attached hydrogens (tertiary/aromatic N) is 3. The van der Waals surface area contributed by atoms with Gasteiger partial charge in [0.2, 0.25) is 0 Å². The molecule has 0 saturated carbocycles. The van der Waals surface area contributed by atoms with E-state index in [1.165, 1.54) is 0 Å². The van der Waals surface area contributed by atoms with Gasteiger partial charge in [-0.05, 0) is 13.0 Å². The van der Waals surface area contributed by atoms with Crippen molar-refractivity contribution in [1.82, 2.24) is 20.5 Å². The third-order valence-electron chi connectivity index (χ3n) is 2.23. The Bertz CT molecular complexity index is 436. The number of thiazole rings is 1.